The number of rotatable bonds is 8. The van der Waals surface area contributed by atoms with E-state index in [-0.39, 0.29) is 12.1 Å². The van der Waals surface area contributed by atoms with Gasteiger partial charge in [-0.15, -0.1) is 0 Å². The van der Waals surface area contributed by atoms with Crippen molar-refractivity contribution in [2.24, 2.45) is 0 Å². The number of aliphatic hydroxyl groups excluding tert-OH is 1. The zero-order valence-corrected chi connectivity index (χ0v) is 19.0. The van der Waals surface area contributed by atoms with E-state index in [1.165, 1.54) is 19.2 Å². The van der Waals surface area contributed by atoms with E-state index in [1.807, 2.05) is 4.90 Å². The van der Waals surface area contributed by atoms with Crippen LogP contribution in [0.3, 0.4) is 0 Å². The third-order valence-electron chi connectivity index (χ3n) is 5.92. The van der Waals surface area contributed by atoms with Crippen molar-refractivity contribution in [1.29, 1.82) is 0 Å². The number of likely N-dealkylation sites (tertiary alicyclic amines) is 1. The van der Waals surface area contributed by atoms with Crippen molar-refractivity contribution < 1.29 is 27.9 Å². The number of piperidine rings is 1. The van der Waals surface area contributed by atoms with E-state index in [4.69, 9.17) is 9.57 Å². The Balaban J connectivity index is 1.27. The Morgan fingerprint density at radius 2 is 2.00 bits per heavy atom. The highest BCUT2D eigenvalue weighted by atomic mass is 19.4. The van der Waals surface area contributed by atoms with E-state index in [0.29, 0.717) is 54.9 Å². The van der Waals surface area contributed by atoms with Gasteiger partial charge in [-0.2, -0.15) is 18.7 Å². The number of methoxy groups -OCH3 is 1. The van der Waals surface area contributed by atoms with Crippen molar-refractivity contribution in [3.8, 4) is 5.75 Å². The molecular formula is C23H26F3N5O4. The predicted octanol–water partition coefficient (Wildman–Crippen LogP) is 1.98. The van der Waals surface area contributed by atoms with Crippen LogP contribution in [-0.2, 0) is 24.1 Å². The van der Waals surface area contributed by atoms with Gasteiger partial charge in [-0.3, -0.25) is 24.5 Å². The third-order valence-corrected chi connectivity index (χ3v) is 5.92. The van der Waals surface area contributed by atoms with Crippen molar-refractivity contribution in [3.63, 3.8) is 0 Å². The predicted molar refractivity (Wildman–Crippen MR) is 121 cm³/mol. The molecule has 9 nitrogen and oxygen atoms in total. The number of hydrogen-bond acceptors (Lipinski definition) is 8. The summed E-state index contributed by atoms with van der Waals surface area (Å²) in [5.41, 5.74) is 3.50. The molecule has 2 N–H and O–H groups in total. The molecule has 1 fully saturated rings. The van der Waals surface area contributed by atoms with Crippen LogP contribution in [0.25, 0.3) is 11.0 Å². The lowest BCUT2D eigenvalue weighted by Gasteiger charge is -2.35. The molecule has 1 saturated heterocycles. The van der Waals surface area contributed by atoms with Crippen LogP contribution in [0.1, 0.15) is 17.7 Å². The first kappa shape index (κ1) is 25.0. The Bertz CT molecular complexity index is 1200. The number of aliphatic hydroxyl groups is 1. The fourth-order valence-corrected chi connectivity index (χ4v) is 3.98. The number of hydrogen-bond donors (Lipinski definition) is 2. The van der Waals surface area contributed by atoms with Crippen molar-refractivity contribution in [2.75, 3.05) is 26.7 Å². The van der Waals surface area contributed by atoms with Gasteiger partial charge in [0.05, 0.1) is 30.4 Å². The largest absolute Gasteiger partial charge is 0.495 e. The van der Waals surface area contributed by atoms with Crippen LogP contribution < -0.4 is 15.8 Å². The molecule has 0 radical (unpaired) electrons. The molecular weight excluding hydrogens is 467 g/mol. The first-order valence-corrected chi connectivity index (χ1v) is 11.1. The van der Waals surface area contributed by atoms with Crippen LogP contribution in [0.5, 0.6) is 5.75 Å². The first-order chi connectivity index (χ1) is 16.7. The summed E-state index contributed by atoms with van der Waals surface area (Å²) >= 11 is 0. The average Bonchev–Trinajstić information content (AvgIpc) is 2.84. The summed E-state index contributed by atoms with van der Waals surface area (Å²) in [6.45, 7) is 2.12. The summed E-state index contributed by atoms with van der Waals surface area (Å²) in [5, 5.41) is 10.5. The fraction of sp³-hybridized carbons (Fsp3) is 0.435. The lowest BCUT2D eigenvalue weighted by molar-refractivity contribution is -0.141. The second-order valence-electron chi connectivity index (χ2n) is 8.29. The summed E-state index contributed by atoms with van der Waals surface area (Å²) in [7, 11) is 1.54. The highest BCUT2D eigenvalue weighted by Gasteiger charge is 2.32. The van der Waals surface area contributed by atoms with E-state index in [2.05, 4.69) is 15.4 Å². The van der Waals surface area contributed by atoms with Crippen LogP contribution in [0.2, 0.25) is 0 Å². The topological polar surface area (TPSA) is 102 Å². The Morgan fingerprint density at radius 3 is 2.69 bits per heavy atom. The fourth-order valence-electron chi connectivity index (χ4n) is 3.98. The highest BCUT2D eigenvalue weighted by Crippen LogP contribution is 2.27. The summed E-state index contributed by atoms with van der Waals surface area (Å²) in [6, 6.07) is 7.17. The van der Waals surface area contributed by atoms with Gasteiger partial charge in [0.25, 0.3) is 5.56 Å². The number of hydroxylamine groups is 1. The van der Waals surface area contributed by atoms with Crippen molar-refractivity contribution in [3.05, 3.63) is 64.3 Å². The Morgan fingerprint density at radius 1 is 1.17 bits per heavy atom. The number of fused-ring (bicyclic) bond motifs is 1. The van der Waals surface area contributed by atoms with Gasteiger partial charge in [-0.25, -0.2) is 0 Å². The van der Waals surface area contributed by atoms with Crippen molar-refractivity contribution in [1.82, 2.24) is 24.9 Å². The molecule has 0 spiro atoms. The summed E-state index contributed by atoms with van der Waals surface area (Å²) in [4.78, 5) is 27.8. The molecule has 35 heavy (non-hydrogen) atoms. The van der Waals surface area contributed by atoms with Gasteiger partial charge in [0.15, 0.2) is 0 Å². The minimum absolute atomic E-state index is 0.145. The average molecular weight is 493 g/mol. The van der Waals surface area contributed by atoms with E-state index >= 15 is 0 Å². The number of halogens is 3. The first-order valence-electron chi connectivity index (χ1n) is 11.1. The van der Waals surface area contributed by atoms with Crippen LogP contribution in [0.4, 0.5) is 13.2 Å². The summed E-state index contributed by atoms with van der Waals surface area (Å²) in [6.07, 6.45) is -2.44. The molecule has 0 aromatic carbocycles. The Labute approximate surface area is 199 Å². The maximum atomic E-state index is 12.6. The third kappa shape index (κ3) is 6.14. The lowest BCUT2D eigenvalue weighted by atomic mass is 10.1. The zero-order chi connectivity index (χ0) is 25.0. The van der Waals surface area contributed by atoms with Gasteiger partial charge in [-0.1, -0.05) is 6.07 Å². The van der Waals surface area contributed by atoms with Crippen LogP contribution in [0.15, 0.2) is 47.5 Å². The standard InChI is InChI=1S/C23H26F3N5O4/c1-34-16-10-18-17(27-13-16)3-5-22(33)31(18)9-8-30-7-6-20(19(32)14-30)35-29-12-15-2-4-21(28-11-15)23(24,25)26/h2-5,10-11,13,19-20,29,32H,6-9,12,14H2,1H3/t19-,20?/m0/s1. The van der Waals surface area contributed by atoms with Crippen molar-refractivity contribution in [2.45, 2.75) is 37.9 Å². The quantitative estimate of drug-likeness (QED) is 0.460. The molecule has 3 aromatic heterocycles. The van der Waals surface area contributed by atoms with E-state index < -0.39 is 24.1 Å². The molecule has 188 valence electrons. The van der Waals surface area contributed by atoms with Crippen molar-refractivity contribution >= 4 is 11.0 Å². The molecule has 0 amide bonds. The Kier molecular flexibility index (Phi) is 7.65. The van der Waals surface area contributed by atoms with Gasteiger partial charge >= 0.3 is 6.18 Å². The number of nitrogens with zero attached hydrogens (tertiary/aromatic N) is 4. The second kappa shape index (κ2) is 10.7. The molecule has 4 rings (SSSR count). The summed E-state index contributed by atoms with van der Waals surface area (Å²) in [5.74, 6) is 0.560. The maximum absolute atomic E-state index is 12.6. The van der Waals surface area contributed by atoms with Crippen LogP contribution in [0, 0.1) is 0 Å². The Hall–Kier alpha value is -3.06. The molecule has 2 atom stereocenters. The number of ether oxygens (including phenoxy) is 1. The molecule has 0 bridgehead atoms. The molecule has 3 aromatic rings. The van der Waals surface area contributed by atoms with Crippen LogP contribution in [-0.4, -0.2) is 63.5 Å². The molecule has 0 aliphatic carbocycles. The SMILES string of the molecule is COc1cnc2ccc(=O)n(CCN3CCC(ONCc4ccc(C(F)(F)F)nc4)[C@@H](O)C3)c2c1. The highest BCUT2D eigenvalue weighted by molar-refractivity contribution is 5.75. The zero-order valence-electron chi connectivity index (χ0n) is 19.0. The van der Waals surface area contributed by atoms with Gasteiger partial charge in [0.1, 0.15) is 17.5 Å². The number of nitrogens with one attached hydrogen (secondary N) is 1. The minimum Gasteiger partial charge on any atom is -0.495 e. The van der Waals surface area contributed by atoms with Gasteiger partial charge in [-0.05, 0) is 24.1 Å². The number of aromatic nitrogens is 3. The monoisotopic (exact) mass is 493 g/mol. The number of β-amino-alcohol motifs (C(OH)–C–C–N with tert-alkyl or cyclic N) is 1. The summed E-state index contributed by atoms with van der Waals surface area (Å²) < 4.78 is 44.7. The second-order valence-corrected chi connectivity index (χ2v) is 8.29. The van der Waals surface area contributed by atoms with E-state index in [0.717, 1.165) is 12.3 Å². The maximum Gasteiger partial charge on any atom is 0.433 e. The number of alkyl halides is 3. The van der Waals surface area contributed by atoms with E-state index in [1.54, 1.807) is 22.9 Å². The van der Waals surface area contributed by atoms with Gasteiger partial charge in [0.2, 0.25) is 0 Å². The molecule has 1 aliphatic heterocycles. The normalized spacial score (nSPS) is 19.2. The molecule has 12 heteroatoms. The number of pyridine rings is 3. The molecule has 1 unspecified atom stereocenters. The minimum atomic E-state index is -4.48. The molecule has 1 aliphatic rings. The van der Waals surface area contributed by atoms with Gasteiger partial charge in [0, 0.05) is 51.1 Å². The smallest absolute Gasteiger partial charge is 0.433 e. The molecule has 0 saturated carbocycles. The van der Waals surface area contributed by atoms with Gasteiger partial charge < -0.3 is 14.4 Å². The lowest BCUT2D eigenvalue weighted by Crippen LogP contribution is -2.50. The molecule has 4 heterocycles. The van der Waals surface area contributed by atoms with E-state index in [9.17, 15) is 23.1 Å². The van der Waals surface area contributed by atoms with Crippen LogP contribution >= 0.6 is 0 Å².